The van der Waals surface area contributed by atoms with Gasteiger partial charge in [0.15, 0.2) is 0 Å². The highest BCUT2D eigenvalue weighted by atomic mass is 35.5. The van der Waals surface area contributed by atoms with Gasteiger partial charge in [0.2, 0.25) is 0 Å². The largest absolute Gasteiger partial charge is 0.497 e. The molecule has 0 aliphatic heterocycles. The Balaban J connectivity index is 0.00000200. The molecule has 0 unspecified atom stereocenters. The molecule has 0 heterocycles. The number of aliphatic hydroxyl groups is 1. The molecule has 1 aliphatic carbocycles. The topological polar surface area (TPSA) is 32.7 Å². The maximum absolute atomic E-state index is 11.2. The number of halogens is 1. The minimum atomic E-state index is -0.711. The number of benzene rings is 1. The van der Waals surface area contributed by atoms with Gasteiger partial charge in [-0.05, 0) is 44.6 Å². The van der Waals surface area contributed by atoms with Gasteiger partial charge in [-0.3, -0.25) is 0 Å². The van der Waals surface area contributed by atoms with Gasteiger partial charge in [-0.1, -0.05) is 25.0 Å². The number of hydrogen-bond donors (Lipinski definition) is 1. The third-order valence-electron chi connectivity index (χ3n) is 4.19. The predicted molar refractivity (Wildman–Crippen MR) is 83.3 cm³/mol. The molecule has 20 heavy (non-hydrogen) atoms. The van der Waals surface area contributed by atoms with E-state index in [0.29, 0.717) is 5.92 Å². The van der Waals surface area contributed by atoms with Gasteiger partial charge in [0, 0.05) is 24.9 Å². The van der Waals surface area contributed by atoms with Crippen LogP contribution in [0.3, 0.4) is 0 Å². The van der Waals surface area contributed by atoms with Crippen LogP contribution >= 0.6 is 12.4 Å². The molecule has 2 atom stereocenters. The van der Waals surface area contributed by atoms with Crippen molar-refractivity contribution in [2.24, 2.45) is 5.92 Å². The second-order valence-electron chi connectivity index (χ2n) is 5.86. The van der Waals surface area contributed by atoms with Gasteiger partial charge in [-0.15, -0.1) is 0 Å². The Kier molecular flexibility index (Phi) is 6.31. The van der Waals surface area contributed by atoms with Crippen molar-refractivity contribution in [1.82, 2.24) is 4.90 Å². The van der Waals surface area contributed by atoms with Crippen molar-refractivity contribution in [3.63, 3.8) is 0 Å². The molecule has 0 saturated heterocycles. The van der Waals surface area contributed by atoms with Crippen LogP contribution in [0.15, 0.2) is 24.3 Å². The van der Waals surface area contributed by atoms with Crippen molar-refractivity contribution in [3.05, 3.63) is 29.8 Å². The van der Waals surface area contributed by atoms with Gasteiger partial charge in [0.1, 0.15) is 5.75 Å². The van der Waals surface area contributed by atoms with E-state index in [9.17, 15) is 5.11 Å². The second kappa shape index (κ2) is 7.30. The van der Waals surface area contributed by atoms with Crippen LogP contribution in [0, 0.1) is 5.92 Å². The van der Waals surface area contributed by atoms with Crippen LogP contribution in [0.2, 0.25) is 0 Å². The highest BCUT2D eigenvalue weighted by Crippen LogP contribution is 2.42. The number of hydrogen-bond acceptors (Lipinski definition) is 3. The lowest BCUT2D eigenvalue weighted by molar-refractivity contribution is -0.0619. The van der Waals surface area contributed by atoms with Crippen molar-refractivity contribution in [3.8, 4) is 5.75 Å². The first kappa shape index (κ1) is 17.3. The van der Waals surface area contributed by atoms with Crippen molar-refractivity contribution in [1.29, 1.82) is 0 Å². The SMILES string of the molecule is COc1cccc([C@@]2(O)CCCC[C@H]2CN(C)C)c1.[Cl]. The van der Waals surface area contributed by atoms with Crippen LogP contribution in [0.1, 0.15) is 31.2 Å². The first-order chi connectivity index (χ1) is 9.06. The Labute approximate surface area is 128 Å². The summed E-state index contributed by atoms with van der Waals surface area (Å²) in [7, 11) is 5.81. The highest BCUT2D eigenvalue weighted by molar-refractivity contribution is 5.85. The monoisotopic (exact) mass is 298 g/mol. The third-order valence-corrected chi connectivity index (χ3v) is 4.19. The van der Waals surface area contributed by atoms with Crippen LogP contribution in [-0.2, 0) is 5.60 Å². The van der Waals surface area contributed by atoms with Crippen LogP contribution in [0.4, 0.5) is 0 Å². The van der Waals surface area contributed by atoms with E-state index in [4.69, 9.17) is 4.74 Å². The molecule has 1 aromatic rings. The number of ether oxygens (including phenoxy) is 1. The fourth-order valence-corrected chi connectivity index (χ4v) is 3.18. The van der Waals surface area contributed by atoms with Crippen molar-refractivity contribution < 1.29 is 9.84 Å². The summed E-state index contributed by atoms with van der Waals surface area (Å²) in [5.41, 5.74) is 0.287. The molecule has 0 aromatic heterocycles. The number of methoxy groups -OCH3 is 1. The molecular formula is C16H25ClNO2. The zero-order valence-corrected chi connectivity index (χ0v) is 13.4. The molecule has 0 bridgehead atoms. The summed E-state index contributed by atoms with van der Waals surface area (Å²) in [5.74, 6) is 1.11. The Morgan fingerprint density at radius 2 is 2.10 bits per heavy atom. The molecule has 113 valence electrons. The Bertz CT molecular complexity index is 425. The molecule has 1 saturated carbocycles. The summed E-state index contributed by atoms with van der Waals surface area (Å²) in [4.78, 5) is 2.17. The third kappa shape index (κ3) is 3.66. The fraction of sp³-hybridized carbons (Fsp3) is 0.625. The minimum absolute atomic E-state index is 0. The van der Waals surface area contributed by atoms with E-state index in [0.717, 1.165) is 37.1 Å². The minimum Gasteiger partial charge on any atom is -0.497 e. The molecule has 1 radical (unpaired) electrons. The lowest BCUT2D eigenvalue weighted by atomic mass is 9.71. The summed E-state index contributed by atoms with van der Waals surface area (Å²) in [6, 6.07) is 7.90. The van der Waals surface area contributed by atoms with Gasteiger partial charge < -0.3 is 14.7 Å². The quantitative estimate of drug-likeness (QED) is 0.925. The van der Waals surface area contributed by atoms with E-state index in [1.807, 2.05) is 24.3 Å². The van der Waals surface area contributed by atoms with Gasteiger partial charge in [0.25, 0.3) is 0 Å². The van der Waals surface area contributed by atoms with E-state index in [1.54, 1.807) is 7.11 Å². The van der Waals surface area contributed by atoms with Crippen LogP contribution in [0.25, 0.3) is 0 Å². The van der Waals surface area contributed by atoms with Gasteiger partial charge in [-0.2, -0.15) is 0 Å². The van der Waals surface area contributed by atoms with Gasteiger partial charge in [0.05, 0.1) is 12.7 Å². The van der Waals surface area contributed by atoms with E-state index in [1.165, 1.54) is 6.42 Å². The van der Waals surface area contributed by atoms with Crippen molar-refractivity contribution >= 4 is 12.4 Å². The molecule has 1 N–H and O–H groups in total. The summed E-state index contributed by atoms with van der Waals surface area (Å²) < 4.78 is 5.29. The number of rotatable bonds is 4. The molecular weight excluding hydrogens is 274 g/mol. The molecule has 0 amide bonds. The van der Waals surface area contributed by atoms with Crippen LogP contribution in [-0.4, -0.2) is 37.8 Å². The average Bonchev–Trinajstić information content (AvgIpc) is 2.41. The molecule has 1 fully saturated rings. The normalized spacial score (nSPS) is 26.1. The maximum atomic E-state index is 11.2. The van der Waals surface area contributed by atoms with Crippen LogP contribution in [0.5, 0.6) is 5.75 Å². The lowest BCUT2D eigenvalue weighted by Crippen LogP contribution is -2.43. The summed E-state index contributed by atoms with van der Waals surface area (Å²) in [6.07, 6.45) is 4.24. The Hall–Kier alpha value is -0.770. The van der Waals surface area contributed by atoms with E-state index >= 15 is 0 Å². The molecule has 1 aromatic carbocycles. The molecule has 1 aliphatic rings. The van der Waals surface area contributed by atoms with E-state index < -0.39 is 5.60 Å². The van der Waals surface area contributed by atoms with Gasteiger partial charge >= 0.3 is 0 Å². The standard InChI is InChI=1S/C16H25NO2.Cl/c1-17(2)12-14-7-4-5-10-16(14,18)13-8-6-9-15(11-13)19-3;/h6,8-9,11,14,18H,4-5,7,10,12H2,1-3H3;/t14-,16-;/m0./s1. The molecule has 3 nitrogen and oxygen atoms in total. The highest BCUT2D eigenvalue weighted by Gasteiger charge is 2.40. The van der Waals surface area contributed by atoms with Crippen LogP contribution < -0.4 is 4.74 Å². The summed E-state index contributed by atoms with van der Waals surface area (Å²) in [6.45, 7) is 0.924. The first-order valence-corrected chi connectivity index (χ1v) is 7.08. The lowest BCUT2D eigenvalue weighted by Gasteiger charge is -2.41. The summed E-state index contributed by atoms with van der Waals surface area (Å²) in [5, 5.41) is 11.2. The molecule has 4 heteroatoms. The second-order valence-corrected chi connectivity index (χ2v) is 5.86. The number of nitrogens with zero attached hydrogens (tertiary/aromatic N) is 1. The Morgan fingerprint density at radius 1 is 1.35 bits per heavy atom. The summed E-state index contributed by atoms with van der Waals surface area (Å²) >= 11 is 0. The fourth-order valence-electron chi connectivity index (χ4n) is 3.18. The predicted octanol–water partition coefficient (Wildman–Crippen LogP) is 3.32. The molecule has 2 rings (SSSR count). The zero-order valence-electron chi connectivity index (χ0n) is 12.6. The van der Waals surface area contributed by atoms with E-state index in [2.05, 4.69) is 19.0 Å². The first-order valence-electron chi connectivity index (χ1n) is 7.08. The smallest absolute Gasteiger partial charge is 0.119 e. The zero-order chi connectivity index (χ0) is 13.9. The Morgan fingerprint density at radius 3 is 2.75 bits per heavy atom. The average molecular weight is 299 g/mol. The van der Waals surface area contributed by atoms with Gasteiger partial charge in [-0.25, -0.2) is 0 Å². The van der Waals surface area contributed by atoms with Crippen molar-refractivity contribution in [2.45, 2.75) is 31.3 Å². The van der Waals surface area contributed by atoms with E-state index in [-0.39, 0.29) is 12.4 Å². The van der Waals surface area contributed by atoms with Crippen molar-refractivity contribution in [2.75, 3.05) is 27.7 Å². The molecule has 0 spiro atoms. The maximum Gasteiger partial charge on any atom is 0.119 e.